The highest BCUT2D eigenvalue weighted by Gasteiger charge is 2.13. The maximum atomic E-state index is 11.6. The van der Waals surface area contributed by atoms with E-state index in [1.165, 1.54) is 22.1 Å². The van der Waals surface area contributed by atoms with Gasteiger partial charge in [-0.3, -0.25) is 0 Å². The first kappa shape index (κ1) is 16.3. The normalized spacial score (nSPS) is 13.1. The van der Waals surface area contributed by atoms with E-state index in [0.29, 0.717) is 10.7 Å². The topological polar surface area (TPSA) is 46.2 Å². The van der Waals surface area contributed by atoms with Gasteiger partial charge in [0.2, 0.25) is 0 Å². The minimum absolute atomic E-state index is 0.0719. The van der Waals surface area contributed by atoms with Crippen LogP contribution in [0.5, 0.6) is 0 Å². The Morgan fingerprint density at radius 2 is 2.00 bits per heavy atom. The summed E-state index contributed by atoms with van der Waals surface area (Å²) >= 11 is 7.91. The predicted molar refractivity (Wildman–Crippen MR) is 90.3 cm³/mol. The van der Waals surface area contributed by atoms with Crippen LogP contribution in [-0.2, 0) is 16.3 Å². The van der Waals surface area contributed by atoms with Crippen molar-refractivity contribution in [2.75, 3.05) is 11.6 Å². The van der Waals surface area contributed by atoms with E-state index in [-0.39, 0.29) is 10.9 Å². The Labute approximate surface area is 134 Å². The largest absolute Gasteiger partial charge is 0.376 e. The van der Waals surface area contributed by atoms with E-state index in [1.807, 2.05) is 6.92 Å². The Morgan fingerprint density at radius 3 is 2.57 bits per heavy atom. The lowest BCUT2D eigenvalue weighted by Crippen LogP contribution is -2.06. The molecule has 0 aliphatic rings. The lowest BCUT2D eigenvalue weighted by Gasteiger charge is -2.16. The summed E-state index contributed by atoms with van der Waals surface area (Å²) in [5.74, 6) is 0. The van der Waals surface area contributed by atoms with Crippen molar-refractivity contribution < 1.29 is 8.42 Å². The maximum Gasteiger partial charge on any atom is 0.175 e. The Hall–Kier alpha value is -1.04. The van der Waals surface area contributed by atoms with Crippen LogP contribution in [0.25, 0.3) is 0 Å². The Kier molecular flexibility index (Phi) is 4.96. The summed E-state index contributed by atoms with van der Waals surface area (Å²) in [6, 6.07) is 9.00. The quantitative estimate of drug-likeness (QED) is 0.866. The number of hydrogen-bond donors (Lipinski definition) is 1. The highest BCUT2D eigenvalue weighted by atomic mass is 35.5. The number of rotatable bonds is 5. The zero-order valence-corrected chi connectivity index (χ0v) is 14.6. The molecule has 0 aliphatic carbocycles. The van der Waals surface area contributed by atoms with Gasteiger partial charge in [0, 0.05) is 16.0 Å². The van der Waals surface area contributed by atoms with E-state index in [9.17, 15) is 8.42 Å². The van der Waals surface area contributed by atoms with E-state index in [4.69, 9.17) is 11.6 Å². The van der Waals surface area contributed by atoms with Gasteiger partial charge in [-0.25, -0.2) is 8.42 Å². The van der Waals surface area contributed by atoms with Gasteiger partial charge in [0.1, 0.15) is 0 Å². The van der Waals surface area contributed by atoms with Gasteiger partial charge in [-0.2, -0.15) is 0 Å². The van der Waals surface area contributed by atoms with Crippen molar-refractivity contribution in [2.24, 2.45) is 0 Å². The van der Waals surface area contributed by atoms with Crippen LogP contribution in [0.4, 0.5) is 5.69 Å². The molecule has 114 valence electrons. The third-order valence-corrected chi connectivity index (χ3v) is 6.05. The molecule has 1 N–H and O–H groups in total. The van der Waals surface area contributed by atoms with Gasteiger partial charge >= 0.3 is 0 Å². The first-order valence-corrected chi connectivity index (χ1v) is 9.74. The summed E-state index contributed by atoms with van der Waals surface area (Å²) in [4.78, 5) is 2.80. The van der Waals surface area contributed by atoms with Crippen LogP contribution in [0.1, 0.15) is 29.6 Å². The fraction of sp³-hybridized carbons (Fsp3) is 0.333. The van der Waals surface area contributed by atoms with Gasteiger partial charge in [-0.15, -0.1) is 11.3 Å². The van der Waals surface area contributed by atoms with E-state index >= 15 is 0 Å². The van der Waals surface area contributed by atoms with Crippen molar-refractivity contribution >= 4 is 38.5 Å². The summed E-state index contributed by atoms with van der Waals surface area (Å²) < 4.78 is 23.3. The molecule has 0 bridgehead atoms. The predicted octanol–water partition coefficient (Wildman–Crippen LogP) is 4.54. The number of aryl methyl sites for hydroxylation is 1. The molecule has 1 aromatic heterocycles. The fourth-order valence-electron chi connectivity index (χ4n) is 1.97. The number of thiophene rings is 1. The number of anilines is 1. The molecule has 0 saturated carbocycles. The SMILES string of the molecule is CCc1ccc(C(C)Nc2cc(S(C)(=O)=O)ccc2Cl)s1. The summed E-state index contributed by atoms with van der Waals surface area (Å²) in [6.45, 7) is 4.16. The van der Waals surface area contributed by atoms with Crippen LogP contribution >= 0.6 is 22.9 Å². The zero-order chi connectivity index (χ0) is 15.6. The summed E-state index contributed by atoms with van der Waals surface area (Å²) in [6.07, 6.45) is 2.21. The highest BCUT2D eigenvalue weighted by Crippen LogP contribution is 2.31. The number of benzene rings is 1. The first-order valence-electron chi connectivity index (χ1n) is 6.66. The van der Waals surface area contributed by atoms with Crippen LogP contribution in [0.15, 0.2) is 35.2 Å². The molecule has 0 amide bonds. The van der Waals surface area contributed by atoms with Crippen LogP contribution in [0.3, 0.4) is 0 Å². The minimum atomic E-state index is -3.24. The number of sulfone groups is 1. The van der Waals surface area contributed by atoms with E-state index in [0.717, 1.165) is 6.42 Å². The van der Waals surface area contributed by atoms with Gasteiger partial charge in [-0.1, -0.05) is 18.5 Å². The highest BCUT2D eigenvalue weighted by molar-refractivity contribution is 7.90. The standard InChI is InChI=1S/C15H18ClNO2S2/c1-4-11-5-8-15(20-11)10(2)17-14-9-12(21(3,18)19)6-7-13(14)16/h5-10,17H,4H2,1-3H3. The van der Waals surface area contributed by atoms with Crippen molar-refractivity contribution in [3.05, 3.63) is 45.1 Å². The van der Waals surface area contributed by atoms with Crippen LogP contribution in [0, 0.1) is 0 Å². The van der Waals surface area contributed by atoms with Crippen LogP contribution in [0.2, 0.25) is 5.02 Å². The third kappa shape index (κ3) is 3.99. The third-order valence-electron chi connectivity index (χ3n) is 3.20. The lowest BCUT2D eigenvalue weighted by atomic mass is 10.2. The lowest BCUT2D eigenvalue weighted by molar-refractivity contribution is 0.602. The van der Waals surface area contributed by atoms with Crippen molar-refractivity contribution in [3.8, 4) is 0 Å². The molecule has 1 atom stereocenters. The molecular weight excluding hydrogens is 326 g/mol. The molecule has 2 aromatic rings. The minimum Gasteiger partial charge on any atom is -0.376 e. The van der Waals surface area contributed by atoms with Gasteiger partial charge in [0.15, 0.2) is 9.84 Å². The smallest absolute Gasteiger partial charge is 0.175 e. The number of hydrogen-bond acceptors (Lipinski definition) is 4. The molecule has 1 aromatic carbocycles. The molecule has 2 rings (SSSR count). The Balaban J connectivity index is 2.26. The molecule has 0 fully saturated rings. The van der Waals surface area contributed by atoms with Gasteiger partial charge < -0.3 is 5.32 Å². The fourth-order valence-corrected chi connectivity index (χ4v) is 3.74. The van der Waals surface area contributed by atoms with Crippen molar-refractivity contribution in [3.63, 3.8) is 0 Å². The maximum absolute atomic E-state index is 11.6. The number of halogens is 1. The second-order valence-corrected chi connectivity index (χ2v) is 8.56. The molecule has 0 radical (unpaired) electrons. The van der Waals surface area contributed by atoms with Crippen LogP contribution < -0.4 is 5.32 Å². The van der Waals surface area contributed by atoms with Crippen molar-refractivity contribution in [1.29, 1.82) is 0 Å². The molecule has 3 nitrogen and oxygen atoms in total. The van der Waals surface area contributed by atoms with E-state index in [2.05, 4.69) is 24.4 Å². The van der Waals surface area contributed by atoms with Crippen LogP contribution in [-0.4, -0.2) is 14.7 Å². The monoisotopic (exact) mass is 343 g/mol. The summed E-state index contributed by atoms with van der Waals surface area (Å²) in [7, 11) is -3.24. The molecule has 1 unspecified atom stereocenters. The average molecular weight is 344 g/mol. The van der Waals surface area contributed by atoms with Gasteiger partial charge in [0.05, 0.1) is 21.6 Å². The molecule has 0 spiro atoms. The molecule has 6 heteroatoms. The Bertz CT molecular complexity index is 738. The zero-order valence-electron chi connectivity index (χ0n) is 12.2. The molecular formula is C15H18ClNO2S2. The molecule has 1 heterocycles. The molecule has 0 aliphatic heterocycles. The second kappa shape index (κ2) is 6.38. The van der Waals surface area contributed by atoms with Crippen molar-refractivity contribution in [1.82, 2.24) is 0 Å². The molecule has 0 saturated heterocycles. The van der Waals surface area contributed by atoms with Crippen molar-refractivity contribution in [2.45, 2.75) is 31.2 Å². The van der Waals surface area contributed by atoms with Gasteiger partial charge in [0.25, 0.3) is 0 Å². The first-order chi connectivity index (χ1) is 9.81. The second-order valence-electron chi connectivity index (χ2n) is 4.94. The summed E-state index contributed by atoms with van der Waals surface area (Å²) in [5.41, 5.74) is 0.638. The molecule has 21 heavy (non-hydrogen) atoms. The van der Waals surface area contributed by atoms with E-state index < -0.39 is 9.84 Å². The van der Waals surface area contributed by atoms with E-state index in [1.54, 1.807) is 23.5 Å². The Morgan fingerprint density at radius 1 is 1.29 bits per heavy atom. The summed E-state index contributed by atoms with van der Waals surface area (Å²) in [5, 5.41) is 3.81. The van der Waals surface area contributed by atoms with Gasteiger partial charge in [-0.05, 0) is 43.7 Å². The average Bonchev–Trinajstić information content (AvgIpc) is 2.88. The number of nitrogens with one attached hydrogen (secondary N) is 1.